The smallest absolute Gasteiger partial charge is 0.326 e. The van der Waals surface area contributed by atoms with E-state index in [9.17, 15) is 29.1 Å². The number of hydrogen-bond donors (Lipinski definition) is 9. The van der Waals surface area contributed by atoms with Crippen LogP contribution in [0.15, 0.2) is 47.8 Å². The van der Waals surface area contributed by atoms with Gasteiger partial charge in [0.2, 0.25) is 23.6 Å². The van der Waals surface area contributed by atoms with Gasteiger partial charge in [0, 0.05) is 31.3 Å². The molecule has 0 radical (unpaired) electrons. The van der Waals surface area contributed by atoms with Crippen LogP contribution in [0.3, 0.4) is 0 Å². The van der Waals surface area contributed by atoms with Gasteiger partial charge < -0.3 is 49.0 Å². The first-order valence-corrected chi connectivity index (χ1v) is 12.7. The van der Waals surface area contributed by atoms with Crippen LogP contribution >= 0.6 is 0 Å². The third kappa shape index (κ3) is 11.7. The van der Waals surface area contributed by atoms with Crippen molar-refractivity contribution in [3.8, 4) is 0 Å². The molecule has 4 unspecified atom stereocenters. The number of nitrogens with zero attached hydrogens (tertiary/aromatic N) is 2. The van der Waals surface area contributed by atoms with E-state index in [1.54, 1.807) is 30.3 Å². The average molecular weight is 573 g/mol. The van der Waals surface area contributed by atoms with Crippen molar-refractivity contribution in [1.29, 1.82) is 0 Å². The van der Waals surface area contributed by atoms with Crippen LogP contribution in [0.25, 0.3) is 0 Å². The number of aliphatic carboxylic acids is 1. The van der Waals surface area contributed by atoms with Gasteiger partial charge in [-0.15, -0.1) is 0 Å². The van der Waals surface area contributed by atoms with Crippen molar-refractivity contribution in [2.75, 3.05) is 6.54 Å². The Balaban J connectivity index is 2.17. The predicted octanol–water partition coefficient (Wildman–Crippen LogP) is -3.01. The van der Waals surface area contributed by atoms with Crippen molar-refractivity contribution < 1.29 is 29.1 Å². The van der Waals surface area contributed by atoms with Gasteiger partial charge in [-0.3, -0.25) is 24.2 Å². The fourth-order valence-electron chi connectivity index (χ4n) is 3.76. The predicted molar refractivity (Wildman–Crippen MR) is 148 cm³/mol. The minimum absolute atomic E-state index is 0.0294. The highest BCUT2D eigenvalue weighted by atomic mass is 16.4. The number of imidazole rings is 1. The van der Waals surface area contributed by atoms with E-state index in [1.165, 1.54) is 12.5 Å². The molecule has 13 N–H and O–H groups in total. The van der Waals surface area contributed by atoms with Crippen LogP contribution in [0.2, 0.25) is 0 Å². The summed E-state index contributed by atoms with van der Waals surface area (Å²) in [5.74, 6) is -4.75. The summed E-state index contributed by atoms with van der Waals surface area (Å²) < 4.78 is 0. The number of H-pyrrole nitrogens is 1. The lowest BCUT2D eigenvalue weighted by molar-refractivity contribution is -0.142. The molecule has 0 bridgehead atoms. The molecule has 2 rings (SSSR count). The fraction of sp³-hybridized carbons (Fsp3) is 0.400. The molecule has 1 aromatic heterocycles. The molecule has 0 aliphatic heterocycles. The Morgan fingerprint density at radius 3 is 2.12 bits per heavy atom. The van der Waals surface area contributed by atoms with Crippen LogP contribution in [0, 0.1) is 0 Å². The van der Waals surface area contributed by atoms with Gasteiger partial charge in [-0.05, 0) is 18.4 Å². The summed E-state index contributed by atoms with van der Waals surface area (Å²) in [6.07, 6.45) is 2.66. The number of carboxylic acid groups (broad SMARTS) is 1. The summed E-state index contributed by atoms with van der Waals surface area (Å²) in [5.41, 5.74) is 23.0. The number of rotatable bonds is 17. The van der Waals surface area contributed by atoms with Crippen molar-refractivity contribution in [3.05, 3.63) is 54.1 Å². The molecule has 4 atom stereocenters. The van der Waals surface area contributed by atoms with Crippen molar-refractivity contribution in [3.63, 3.8) is 0 Å². The molecule has 0 aliphatic rings. The largest absolute Gasteiger partial charge is 0.480 e. The van der Waals surface area contributed by atoms with Crippen molar-refractivity contribution in [2.45, 2.75) is 56.3 Å². The SMILES string of the molecule is NC(=O)CC(NC(=O)C(Cc1ccccc1)NC(=O)C(N)CCCN=C(N)N)C(=O)NC(Cc1cnc[nH]1)C(=O)O. The molecular weight excluding hydrogens is 536 g/mol. The number of benzene rings is 1. The van der Waals surface area contributed by atoms with E-state index in [0.717, 1.165) is 0 Å². The number of guanidine groups is 1. The van der Waals surface area contributed by atoms with E-state index in [0.29, 0.717) is 17.7 Å². The number of carbonyl (C=O) groups excluding carboxylic acids is 4. The Bertz CT molecular complexity index is 1200. The lowest BCUT2D eigenvalue weighted by atomic mass is 10.0. The molecule has 41 heavy (non-hydrogen) atoms. The van der Waals surface area contributed by atoms with Crippen LogP contribution in [0.1, 0.15) is 30.5 Å². The minimum atomic E-state index is -1.52. The number of nitrogens with two attached hydrogens (primary N) is 4. The number of aliphatic imine (C=N–C) groups is 1. The maximum absolute atomic E-state index is 13.3. The second-order valence-corrected chi connectivity index (χ2v) is 9.22. The summed E-state index contributed by atoms with van der Waals surface area (Å²) in [6, 6.07) is 3.64. The molecule has 0 fully saturated rings. The molecule has 0 spiro atoms. The monoisotopic (exact) mass is 572 g/mol. The van der Waals surface area contributed by atoms with Crippen molar-refractivity contribution >= 4 is 35.6 Å². The van der Waals surface area contributed by atoms with Gasteiger partial charge in [0.05, 0.1) is 18.8 Å². The van der Waals surface area contributed by atoms with E-state index in [-0.39, 0.29) is 31.8 Å². The molecule has 0 saturated heterocycles. The van der Waals surface area contributed by atoms with E-state index in [2.05, 4.69) is 30.9 Å². The number of aromatic amines is 1. The maximum atomic E-state index is 13.3. The van der Waals surface area contributed by atoms with Gasteiger partial charge >= 0.3 is 5.97 Å². The number of carbonyl (C=O) groups is 5. The van der Waals surface area contributed by atoms with Crippen molar-refractivity contribution in [2.24, 2.45) is 27.9 Å². The second-order valence-electron chi connectivity index (χ2n) is 9.22. The van der Waals surface area contributed by atoms with Crippen molar-refractivity contribution in [1.82, 2.24) is 25.9 Å². The van der Waals surface area contributed by atoms with Gasteiger partial charge in [-0.25, -0.2) is 9.78 Å². The molecule has 16 nitrogen and oxygen atoms in total. The van der Waals surface area contributed by atoms with E-state index in [4.69, 9.17) is 22.9 Å². The van der Waals surface area contributed by atoms with E-state index < -0.39 is 60.2 Å². The highest BCUT2D eigenvalue weighted by molar-refractivity contribution is 5.96. The molecule has 1 aromatic carbocycles. The highest BCUT2D eigenvalue weighted by Gasteiger charge is 2.31. The first-order chi connectivity index (χ1) is 19.5. The summed E-state index contributed by atoms with van der Waals surface area (Å²) in [4.78, 5) is 73.0. The number of amides is 4. The Hall–Kier alpha value is -4.99. The summed E-state index contributed by atoms with van der Waals surface area (Å²) in [5, 5.41) is 16.9. The Morgan fingerprint density at radius 2 is 1.54 bits per heavy atom. The van der Waals surface area contributed by atoms with Crippen LogP contribution in [-0.4, -0.2) is 81.3 Å². The first-order valence-electron chi connectivity index (χ1n) is 12.7. The Morgan fingerprint density at radius 1 is 0.902 bits per heavy atom. The van der Waals surface area contributed by atoms with Gasteiger partial charge in [0.25, 0.3) is 0 Å². The summed E-state index contributed by atoms with van der Waals surface area (Å²) in [6.45, 7) is 0.263. The molecule has 1 heterocycles. The van der Waals surface area contributed by atoms with E-state index >= 15 is 0 Å². The zero-order valence-electron chi connectivity index (χ0n) is 22.3. The molecular formula is C25H36N10O6. The lowest BCUT2D eigenvalue weighted by Crippen LogP contribution is -2.58. The van der Waals surface area contributed by atoms with E-state index in [1.807, 2.05) is 0 Å². The summed E-state index contributed by atoms with van der Waals surface area (Å²) >= 11 is 0. The molecule has 222 valence electrons. The fourth-order valence-corrected chi connectivity index (χ4v) is 3.76. The van der Waals surface area contributed by atoms with Gasteiger partial charge in [0.15, 0.2) is 5.96 Å². The maximum Gasteiger partial charge on any atom is 0.326 e. The number of nitrogens with one attached hydrogen (secondary N) is 4. The molecule has 0 aliphatic carbocycles. The third-order valence-corrected chi connectivity index (χ3v) is 5.85. The third-order valence-electron chi connectivity index (χ3n) is 5.85. The normalized spacial score (nSPS) is 13.6. The quantitative estimate of drug-likeness (QED) is 0.0525. The number of aromatic nitrogens is 2. The highest BCUT2D eigenvalue weighted by Crippen LogP contribution is 2.07. The van der Waals surface area contributed by atoms with Crippen LogP contribution in [-0.2, 0) is 36.8 Å². The molecule has 2 aromatic rings. The lowest BCUT2D eigenvalue weighted by Gasteiger charge is -2.25. The number of primary amides is 1. The van der Waals surface area contributed by atoms with Crippen LogP contribution in [0.5, 0.6) is 0 Å². The average Bonchev–Trinajstić information content (AvgIpc) is 3.43. The van der Waals surface area contributed by atoms with Crippen LogP contribution < -0.4 is 38.9 Å². The van der Waals surface area contributed by atoms with Gasteiger partial charge in [-0.2, -0.15) is 0 Å². The Kier molecular flexibility index (Phi) is 12.7. The minimum Gasteiger partial charge on any atom is -0.480 e. The van der Waals surface area contributed by atoms with Crippen LogP contribution in [0.4, 0.5) is 0 Å². The summed E-state index contributed by atoms with van der Waals surface area (Å²) in [7, 11) is 0. The zero-order chi connectivity index (χ0) is 30.4. The second kappa shape index (κ2) is 16.2. The number of carboxylic acids is 1. The topological polar surface area (TPSA) is 287 Å². The molecule has 0 saturated carbocycles. The molecule has 4 amide bonds. The Labute approximate surface area is 235 Å². The standard InChI is InChI=1S/C25H36N10O6/c26-16(7-4-8-31-25(28)29)21(37)33-17(9-14-5-2-1-3-6-14)22(38)34-18(11-20(27)36)23(39)35-19(24(40)41)10-15-12-30-13-32-15/h1-3,5-6,12-13,16-19H,4,7-11,26H2,(H2,27,36)(H,30,32)(H,33,37)(H,34,38)(H,35,39)(H,40,41)(H4,28,29,31). The number of hydrogen-bond acceptors (Lipinski definition) is 8. The van der Waals surface area contributed by atoms with Gasteiger partial charge in [0.1, 0.15) is 18.1 Å². The van der Waals surface area contributed by atoms with Gasteiger partial charge in [-0.1, -0.05) is 30.3 Å². The zero-order valence-corrected chi connectivity index (χ0v) is 22.3. The molecule has 16 heteroatoms. The first kappa shape index (κ1) is 32.2.